The van der Waals surface area contributed by atoms with Crippen LogP contribution in [0.25, 0.3) is 0 Å². The number of amides is 2. The van der Waals surface area contributed by atoms with Crippen molar-refractivity contribution in [2.24, 2.45) is 5.10 Å². The van der Waals surface area contributed by atoms with Crippen molar-refractivity contribution in [3.63, 3.8) is 0 Å². The van der Waals surface area contributed by atoms with Crippen LogP contribution >= 0.6 is 0 Å². The van der Waals surface area contributed by atoms with E-state index in [1.165, 1.54) is 36.5 Å². The second-order valence-electron chi connectivity index (χ2n) is 5.97. The van der Waals surface area contributed by atoms with Gasteiger partial charge in [-0.15, -0.1) is 0 Å². The molecule has 2 N–H and O–H groups in total. The molecule has 2 amide bonds. The van der Waals surface area contributed by atoms with Gasteiger partial charge in [-0.25, -0.2) is 9.82 Å². The van der Waals surface area contributed by atoms with Crippen molar-refractivity contribution in [3.8, 4) is 6.07 Å². The number of rotatable bonds is 5. The molecular formula is C22H15FN4O2. The molecule has 0 unspecified atom stereocenters. The lowest BCUT2D eigenvalue weighted by Crippen LogP contribution is -2.18. The summed E-state index contributed by atoms with van der Waals surface area (Å²) in [7, 11) is 0. The first-order chi connectivity index (χ1) is 14.0. The van der Waals surface area contributed by atoms with Crippen molar-refractivity contribution in [2.75, 3.05) is 5.32 Å². The van der Waals surface area contributed by atoms with E-state index >= 15 is 0 Å². The monoisotopic (exact) mass is 386 g/mol. The molecule has 6 nitrogen and oxygen atoms in total. The van der Waals surface area contributed by atoms with Crippen LogP contribution in [0.15, 0.2) is 77.9 Å². The minimum Gasteiger partial charge on any atom is -0.322 e. The van der Waals surface area contributed by atoms with Crippen LogP contribution in [0.1, 0.15) is 31.8 Å². The Bertz CT molecular complexity index is 1100. The number of nitrogens with one attached hydrogen (secondary N) is 2. The maximum Gasteiger partial charge on any atom is 0.271 e. The molecule has 0 aliphatic carbocycles. The summed E-state index contributed by atoms with van der Waals surface area (Å²) in [5, 5.41) is 15.3. The zero-order valence-corrected chi connectivity index (χ0v) is 15.1. The van der Waals surface area contributed by atoms with Gasteiger partial charge >= 0.3 is 0 Å². The average Bonchev–Trinajstić information content (AvgIpc) is 2.75. The molecule has 0 bridgehead atoms. The molecule has 0 aliphatic rings. The van der Waals surface area contributed by atoms with E-state index in [9.17, 15) is 14.0 Å². The van der Waals surface area contributed by atoms with E-state index in [4.69, 9.17) is 5.26 Å². The Hall–Kier alpha value is -4.31. The summed E-state index contributed by atoms with van der Waals surface area (Å²) in [5.41, 5.74) is 4.69. The minimum absolute atomic E-state index is 0.299. The van der Waals surface area contributed by atoms with Gasteiger partial charge in [0, 0.05) is 16.8 Å². The van der Waals surface area contributed by atoms with E-state index < -0.39 is 17.6 Å². The molecule has 0 radical (unpaired) electrons. The average molecular weight is 386 g/mol. The topological polar surface area (TPSA) is 94.3 Å². The molecule has 0 aliphatic heterocycles. The number of hydrogen-bond donors (Lipinski definition) is 2. The number of benzene rings is 3. The molecule has 3 aromatic rings. The van der Waals surface area contributed by atoms with Crippen LogP contribution in [-0.4, -0.2) is 18.0 Å². The summed E-state index contributed by atoms with van der Waals surface area (Å²) in [6, 6.07) is 20.2. The van der Waals surface area contributed by atoms with Crippen LogP contribution in [0.3, 0.4) is 0 Å². The van der Waals surface area contributed by atoms with Gasteiger partial charge in [-0.05, 0) is 60.2 Å². The summed E-state index contributed by atoms with van der Waals surface area (Å²) in [6.45, 7) is 0. The molecule has 3 aromatic carbocycles. The quantitative estimate of drug-likeness (QED) is 0.517. The first kappa shape index (κ1) is 19.5. The van der Waals surface area contributed by atoms with Gasteiger partial charge in [0.25, 0.3) is 11.8 Å². The predicted molar refractivity (Wildman–Crippen MR) is 107 cm³/mol. The van der Waals surface area contributed by atoms with Gasteiger partial charge in [-0.3, -0.25) is 9.59 Å². The fourth-order valence-corrected chi connectivity index (χ4v) is 2.42. The summed E-state index contributed by atoms with van der Waals surface area (Å²) in [5.74, 6) is -1.30. The van der Waals surface area contributed by atoms with Crippen molar-refractivity contribution < 1.29 is 14.0 Å². The summed E-state index contributed by atoms with van der Waals surface area (Å²) in [6.07, 6.45) is 1.46. The Morgan fingerprint density at radius 3 is 2.34 bits per heavy atom. The van der Waals surface area contributed by atoms with Gasteiger partial charge in [0.05, 0.1) is 17.8 Å². The van der Waals surface area contributed by atoms with Crippen LogP contribution < -0.4 is 10.7 Å². The number of nitrogens with zero attached hydrogens (tertiary/aromatic N) is 2. The first-order valence-electron chi connectivity index (χ1n) is 8.56. The standard InChI is InChI=1S/C22H15FN4O2/c23-19-10-8-17(9-11-19)21(28)26-20-3-1-2-18(12-20)22(29)27-25-14-16-6-4-15(13-24)5-7-16/h1-12,14H,(H,26,28)(H,27,29). The van der Waals surface area contributed by atoms with Crippen LogP contribution in [0, 0.1) is 17.1 Å². The van der Waals surface area contributed by atoms with Crippen molar-refractivity contribution in [1.82, 2.24) is 5.43 Å². The summed E-state index contributed by atoms with van der Waals surface area (Å²) >= 11 is 0. The zero-order chi connectivity index (χ0) is 20.6. The maximum absolute atomic E-state index is 13.0. The normalized spacial score (nSPS) is 10.3. The van der Waals surface area contributed by atoms with Crippen LogP contribution in [-0.2, 0) is 0 Å². The number of hydrogen-bond acceptors (Lipinski definition) is 4. The third kappa shape index (κ3) is 5.34. The molecule has 0 fully saturated rings. The van der Waals surface area contributed by atoms with E-state index in [0.29, 0.717) is 22.4 Å². The predicted octanol–water partition coefficient (Wildman–Crippen LogP) is 3.71. The van der Waals surface area contributed by atoms with Gasteiger partial charge in [0.1, 0.15) is 5.82 Å². The Morgan fingerprint density at radius 1 is 0.931 bits per heavy atom. The molecule has 0 heterocycles. The van der Waals surface area contributed by atoms with Crippen molar-refractivity contribution in [3.05, 3.63) is 101 Å². The SMILES string of the molecule is N#Cc1ccc(C=NNC(=O)c2cccc(NC(=O)c3ccc(F)cc3)c2)cc1. The molecule has 0 spiro atoms. The Morgan fingerprint density at radius 2 is 1.66 bits per heavy atom. The van der Waals surface area contributed by atoms with Gasteiger partial charge < -0.3 is 5.32 Å². The highest BCUT2D eigenvalue weighted by Crippen LogP contribution is 2.13. The Labute approximate surface area is 166 Å². The lowest BCUT2D eigenvalue weighted by molar-refractivity contribution is 0.0953. The Balaban J connectivity index is 1.62. The van der Waals surface area contributed by atoms with E-state index in [-0.39, 0.29) is 0 Å². The molecule has 3 rings (SSSR count). The largest absolute Gasteiger partial charge is 0.322 e. The molecule has 0 saturated carbocycles. The fourth-order valence-electron chi connectivity index (χ4n) is 2.42. The van der Waals surface area contributed by atoms with E-state index in [0.717, 1.165) is 5.56 Å². The molecule has 0 atom stereocenters. The highest BCUT2D eigenvalue weighted by Gasteiger charge is 2.09. The van der Waals surface area contributed by atoms with Crippen molar-refractivity contribution in [2.45, 2.75) is 0 Å². The number of halogens is 1. The summed E-state index contributed by atoms with van der Waals surface area (Å²) in [4.78, 5) is 24.5. The number of nitriles is 1. The minimum atomic E-state index is -0.451. The molecule has 7 heteroatoms. The van der Waals surface area contributed by atoms with Gasteiger partial charge in [-0.1, -0.05) is 18.2 Å². The van der Waals surface area contributed by atoms with Crippen LogP contribution in [0.5, 0.6) is 0 Å². The second-order valence-corrected chi connectivity index (χ2v) is 5.97. The molecular weight excluding hydrogens is 371 g/mol. The van der Waals surface area contributed by atoms with Crippen LogP contribution in [0.2, 0.25) is 0 Å². The number of carbonyl (C=O) groups is 2. The summed E-state index contributed by atoms with van der Waals surface area (Å²) < 4.78 is 13.0. The second kappa shape index (κ2) is 9.06. The van der Waals surface area contributed by atoms with E-state index in [2.05, 4.69) is 15.8 Å². The lowest BCUT2D eigenvalue weighted by atomic mass is 10.1. The number of anilines is 1. The van der Waals surface area contributed by atoms with E-state index in [1.807, 2.05) is 6.07 Å². The zero-order valence-electron chi connectivity index (χ0n) is 15.1. The molecule has 29 heavy (non-hydrogen) atoms. The highest BCUT2D eigenvalue weighted by atomic mass is 19.1. The number of carbonyl (C=O) groups excluding carboxylic acids is 2. The third-order valence-electron chi connectivity index (χ3n) is 3.91. The van der Waals surface area contributed by atoms with Gasteiger partial charge in [0.15, 0.2) is 0 Å². The molecule has 0 aromatic heterocycles. The fraction of sp³-hybridized carbons (Fsp3) is 0. The third-order valence-corrected chi connectivity index (χ3v) is 3.91. The molecule has 142 valence electrons. The van der Waals surface area contributed by atoms with Crippen molar-refractivity contribution >= 4 is 23.7 Å². The van der Waals surface area contributed by atoms with Crippen LogP contribution in [0.4, 0.5) is 10.1 Å². The van der Waals surface area contributed by atoms with E-state index in [1.54, 1.807) is 42.5 Å². The van der Waals surface area contributed by atoms with Gasteiger partial charge in [0.2, 0.25) is 0 Å². The lowest BCUT2D eigenvalue weighted by Gasteiger charge is -2.07. The smallest absolute Gasteiger partial charge is 0.271 e. The highest BCUT2D eigenvalue weighted by molar-refractivity contribution is 6.05. The number of hydrazone groups is 1. The molecule has 0 saturated heterocycles. The maximum atomic E-state index is 13.0. The van der Waals surface area contributed by atoms with Crippen molar-refractivity contribution in [1.29, 1.82) is 5.26 Å². The first-order valence-corrected chi connectivity index (χ1v) is 8.56. The van der Waals surface area contributed by atoms with Gasteiger partial charge in [-0.2, -0.15) is 10.4 Å². The Kier molecular flexibility index (Phi) is 6.08.